The van der Waals surface area contributed by atoms with Gasteiger partial charge in [0.25, 0.3) is 0 Å². The summed E-state index contributed by atoms with van der Waals surface area (Å²) >= 11 is 3.47. The van der Waals surface area contributed by atoms with Crippen molar-refractivity contribution in [3.63, 3.8) is 0 Å². The molecule has 138 valence electrons. The first-order chi connectivity index (χ1) is 13.2. The number of hydrogen-bond donors (Lipinski definition) is 4. The van der Waals surface area contributed by atoms with E-state index >= 15 is 0 Å². The number of rotatable bonds is 5. The molecule has 5 rings (SSSR count). The molecule has 3 heterocycles. The number of nitrogens with one attached hydrogen (secondary N) is 3. The van der Waals surface area contributed by atoms with Crippen molar-refractivity contribution in [2.24, 2.45) is 0 Å². The minimum atomic E-state index is -0.237. The van der Waals surface area contributed by atoms with Crippen molar-refractivity contribution in [1.82, 2.24) is 29.5 Å². The van der Waals surface area contributed by atoms with E-state index in [1.165, 1.54) is 0 Å². The summed E-state index contributed by atoms with van der Waals surface area (Å²) in [6.07, 6.45) is 2.86. The number of benzene rings is 1. The van der Waals surface area contributed by atoms with Crippen molar-refractivity contribution in [3.8, 4) is 0 Å². The molecule has 3 aromatic heterocycles. The van der Waals surface area contributed by atoms with E-state index in [1.54, 1.807) is 10.7 Å². The summed E-state index contributed by atoms with van der Waals surface area (Å²) in [6, 6.07) is 8.09. The fourth-order valence-corrected chi connectivity index (χ4v) is 3.52. The van der Waals surface area contributed by atoms with E-state index in [0.29, 0.717) is 36.9 Å². The molecule has 1 fully saturated rings. The van der Waals surface area contributed by atoms with Crippen molar-refractivity contribution in [2.45, 2.75) is 31.5 Å². The molecule has 0 unspecified atom stereocenters. The Hall–Kier alpha value is -2.72. The number of aliphatic hydroxyl groups excluding tert-OH is 1. The second-order valence-corrected chi connectivity index (χ2v) is 7.47. The van der Waals surface area contributed by atoms with Gasteiger partial charge < -0.3 is 20.7 Å². The lowest BCUT2D eigenvalue weighted by atomic mass is 9.90. The summed E-state index contributed by atoms with van der Waals surface area (Å²) in [5.41, 5.74) is 2.59. The molecule has 1 saturated carbocycles. The minimum Gasteiger partial charge on any atom is -0.393 e. The number of anilines is 2. The van der Waals surface area contributed by atoms with Crippen LogP contribution < -0.4 is 10.6 Å². The van der Waals surface area contributed by atoms with Crippen LogP contribution in [0, 0.1) is 0 Å². The average Bonchev–Trinajstić information content (AvgIpc) is 3.22. The molecule has 0 radical (unpaired) electrons. The summed E-state index contributed by atoms with van der Waals surface area (Å²) in [4.78, 5) is 16.9. The van der Waals surface area contributed by atoms with Crippen molar-refractivity contribution in [2.75, 3.05) is 10.6 Å². The highest BCUT2D eigenvalue weighted by atomic mass is 79.9. The number of aliphatic hydroxyl groups is 1. The topological polar surface area (TPSA) is 116 Å². The third-order valence-electron chi connectivity index (χ3n) is 4.62. The monoisotopic (exact) mass is 428 g/mol. The fraction of sp³-hybridized carbons (Fsp3) is 0.294. The second kappa shape index (κ2) is 6.46. The lowest BCUT2D eigenvalue weighted by Crippen LogP contribution is -2.39. The Labute approximate surface area is 162 Å². The molecule has 0 saturated heterocycles. The van der Waals surface area contributed by atoms with Crippen molar-refractivity contribution < 1.29 is 5.11 Å². The number of aromatic amines is 1. The van der Waals surface area contributed by atoms with Crippen molar-refractivity contribution in [3.05, 3.63) is 40.8 Å². The normalized spacial score (nSPS) is 19.3. The van der Waals surface area contributed by atoms with E-state index in [9.17, 15) is 5.11 Å². The standard InChI is InChI=1S/C17H17BrN8O/c18-11-7-20-26-15(11)24-16(21-9-5-10(27)6-9)25-17(26)19-8-14-22-12-3-1-2-4-13(12)23-14/h1-4,7,9-10,27H,5-6,8H2,(H,22,23)(H2,19,21,24,25). The third kappa shape index (κ3) is 3.10. The molecule has 1 aliphatic rings. The predicted octanol–water partition coefficient (Wildman–Crippen LogP) is 2.31. The molecule has 0 aliphatic heterocycles. The molecule has 1 aromatic carbocycles. The molecule has 1 aliphatic carbocycles. The van der Waals surface area contributed by atoms with Crippen LogP contribution in [-0.2, 0) is 6.54 Å². The molecule has 9 nitrogen and oxygen atoms in total. The van der Waals surface area contributed by atoms with Gasteiger partial charge in [0.1, 0.15) is 5.82 Å². The molecule has 0 atom stereocenters. The smallest absolute Gasteiger partial charge is 0.229 e. The van der Waals surface area contributed by atoms with E-state index in [2.05, 4.69) is 51.6 Å². The van der Waals surface area contributed by atoms with Gasteiger partial charge in [-0.2, -0.15) is 19.6 Å². The second-order valence-electron chi connectivity index (χ2n) is 6.62. The number of hydrogen-bond acceptors (Lipinski definition) is 7. The number of fused-ring (bicyclic) bond motifs is 2. The molecule has 27 heavy (non-hydrogen) atoms. The van der Waals surface area contributed by atoms with Gasteiger partial charge in [-0.05, 0) is 40.9 Å². The Morgan fingerprint density at radius 1 is 1.22 bits per heavy atom. The van der Waals surface area contributed by atoms with E-state index < -0.39 is 0 Å². The van der Waals surface area contributed by atoms with E-state index in [-0.39, 0.29) is 12.1 Å². The number of halogens is 1. The highest BCUT2D eigenvalue weighted by molar-refractivity contribution is 9.10. The molecular formula is C17H17BrN8O. The molecule has 0 amide bonds. The predicted molar refractivity (Wildman–Crippen MR) is 105 cm³/mol. The number of nitrogens with zero attached hydrogens (tertiary/aromatic N) is 5. The Balaban J connectivity index is 1.42. The number of para-hydroxylation sites is 2. The third-order valence-corrected chi connectivity index (χ3v) is 5.18. The van der Waals surface area contributed by atoms with Crippen LogP contribution >= 0.6 is 15.9 Å². The number of imidazole rings is 1. The first kappa shape index (κ1) is 16.5. The summed E-state index contributed by atoms with van der Waals surface area (Å²) in [5.74, 6) is 1.88. The van der Waals surface area contributed by atoms with Crippen LogP contribution in [0.5, 0.6) is 0 Å². The Morgan fingerprint density at radius 2 is 2.07 bits per heavy atom. The van der Waals surface area contributed by atoms with Gasteiger partial charge in [-0.15, -0.1) is 0 Å². The number of aromatic nitrogens is 6. The zero-order chi connectivity index (χ0) is 18.4. The van der Waals surface area contributed by atoms with Gasteiger partial charge in [-0.25, -0.2) is 4.98 Å². The summed E-state index contributed by atoms with van der Waals surface area (Å²) in [6.45, 7) is 0.472. The van der Waals surface area contributed by atoms with E-state index in [1.807, 2.05) is 24.3 Å². The number of H-pyrrole nitrogens is 1. The Bertz CT molecular complexity index is 1080. The summed E-state index contributed by atoms with van der Waals surface area (Å²) in [7, 11) is 0. The first-order valence-corrected chi connectivity index (χ1v) is 9.48. The van der Waals surface area contributed by atoms with Gasteiger partial charge in [0.05, 0.1) is 34.4 Å². The molecule has 10 heteroatoms. The molecule has 0 spiro atoms. The fourth-order valence-electron chi connectivity index (χ4n) is 3.17. The highest BCUT2D eigenvalue weighted by Gasteiger charge is 2.28. The van der Waals surface area contributed by atoms with Gasteiger partial charge in [0.15, 0.2) is 5.65 Å². The van der Waals surface area contributed by atoms with Crippen LogP contribution in [0.4, 0.5) is 11.9 Å². The van der Waals surface area contributed by atoms with Crippen molar-refractivity contribution in [1.29, 1.82) is 0 Å². The molecule has 0 bridgehead atoms. The molecular weight excluding hydrogens is 412 g/mol. The largest absolute Gasteiger partial charge is 0.393 e. The van der Waals surface area contributed by atoms with Crippen molar-refractivity contribution >= 4 is 44.5 Å². The molecule has 4 aromatic rings. The van der Waals surface area contributed by atoms with Crippen LogP contribution in [0.15, 0.2) is 34.9 Å². The van der Waals surface area contributed by atoms with Crippen LogP contribution in [0.1, 0.15) is 18.7 Å². The maximum absolute atomic E-state index is 9.48. The Morgan fingerprint density at radius 3 is 2.89 bits per heavy atom. The highest BCUT2D eigenvalue weighted by Crippen LogP contribution is 2.25. The van der Waals surface area contributed by atoms with Crippen LogP contribution in [0.2, 0.25) is 0 Å². The van der Waals surface area contributed by atoms with Gasteiger partial charge in [0.2, 0.25) is 11.9 Å². The van der Waals surface area contributed by atoms with E-state index in [0.717, 1.165) is 21.3 Å². The van der Waals surface area contributed by atoms with Crippen LogP contribution in [0.25, 0.3) is 16.7 Å². The molecule has 4 N–H and O–H groups in total. The van der Waals surface area contributed by atoms with Gasteiger partial charge in [-0.3, -0.25) is 0 Å². The van der Waals surface area contributed by atoms with Gasteiger partial charge in [0, 0.05) is 6.04 Å². The summed E-state index contributed by atoms with van der Waals surface area (Å²) in [5, 5.41) is 20.4. The SMILES string of the molecule is OC1CC(Nc2nc(NCc3nc4ccccc4[nH]3)n3ncc(Br)c3n2)C1. The zero-order valence-electron chi connectivity index (χ0n) is 14.2. The lowest BCUT2D eigenvalue weighted by molar-refractivity contribution is 0.0834. The summed E-state index contributed by atoms with van der Waals surface area (Å²) < 4.78 is 2.43. The maximum atomic E-state index is 9.48. The Kier molecular flexibility index (Phi) is 3.94. The van der Waals surface area contributed by atoms with Gasteiger partial charge >= 0.3 is 0 Å². The van der Waals surface area contributed by atoms with Crippen LogP contribution in [0.3, 0.4) is 0 Å². The quantitative estimate of drug-likeness (QED) is 0.385. The van der Waals surface area contributed by atoms with Gasteiger partial charge in [-0.1, -0.05) is 12.1 Å². The lowest BCUT2D eigenvalue weighted by Gasteiger charge is -2.31. The minimum absolute atomic E-state index is 0.187. The maximum Gasteiger partial charge on any atom is 0.229 e. The first-order valence-electron chi connectivity index (χ1n) is 8.69. The van der Waals surface area contributed by atoms with E-state index in [4.69, 9.17) is 0 Å². The average molecular weight is 429 g/mol. The zero-order valence-corrected chi connectivity index (χ0v) is 15.8. The van der Waals surface area contributed by atoms with Crippen LogP contribution in [-0.4, -0.2) is 46.8 Å².